The van der Waals surface area contributed by atoms with E-state index in [4.69, 9.17) is 0 Å². The van der Waals surface area contributed by atoms with Crippen LogP contribution in [0.4, 0.5) is 18.3 Å². The molecule has 0 unspecified atom stereocenters. The number of imide groups is 1. The van der Waals surface area contributed by atoms with Gasteiger partial charge >= 0.3 is 6.18 Å². The first-order valence-corrected chi connectivity index (χ1v) is 8.31. The molecule has 1 N–H and O–H groups in total. The van der Waals surface area contributed by atoms with E-state index < -0.39 is 47.3 Å². The summed E-state index contributed by atoms with van der Waals surface area (Å²) >= 11 is 0.178. The van der Waals surface area contributed by atoms with Crippen molar-refractivity contribution < 1.29 is 27.6 Å². The Morgan fingerprint density at radius 1 is 1.20 bits per heavy atom. The average molecular weight is 372 g/mol. The number of allylic oxidation sites excluding steroid dienone is 2. The van der Waals surface area contributed by atoms with Crippen LogP contribution in [0.1, 0.15) is 11.4 Å². The minimum absolute atomic E-state index is 0.0250. The molecule has 0 radical (unpaired) electrons. The number of halogens is 3. The van der Waals surface area contributed by atoms with Gasteiger partial charge in [-0.2, -0.15) is 13.2 Å². The molecule has 1 saturated carbocycles. The fourth-order valence-corrected chi connectivity index (χ4v) is 4.44. The van der Waals surface area contributed by atoms with Gasteiger partial charge in [0.25, 0.3) is 0 Å². The smallest absolute Gasteiger partial charge is 0.299 e. The van der Waals surface area contributed by atoms with Gasteiger partial charge in [0.2, 0.25) is 27.9 Å². The van der Waals surface area contributed by atoms with Crippen molar-refractivity contribution in [3.63, 3.8) is 0 Å². The highest BCUT2D eigenvalue weighted by atomic mass is 32.1. The SMILES string of the molecule is O=C(CN1C(=O)[C@H]2[C@H](C1=O)[C@@H]1C=C[C@@H]2C1)Nc1nnc(C(F)(F)F)s1. The molecule has 132 valence electrons. The number of aromatic nitrogens is 2. The average Bonchev–Trinajstić information content (AvgIpc) is 3.27. The molecular formula is C14H11F3N4O3S. The first kappa shape index (κ1) is 16.2. The quantitative estimate of drug-likeness (QED) is 0.638. The minimum Gasteiger partial charge on any atom is -0.299 e. The molecule has 4 atom stereocenters. The van der Waals surface area contributed by atoms with Crippen molar-refractivity contribution in [2.75, 3.05) is 11.9 Å². The number of amides is 3. The molecule has 4 rings (SSSR count). The summed E-state index contributed by atoms with van der Waals surface area (Å²) in [7, 11) is 0. The molecule has 3 aliphatic rings. The number of hydrogen-bond acceptors (Lipinski definition) is 6. The number of carbonyl (C=O) groups is 3. The van der Waals surface area contributed by atoms with Gasteiger partial charge < -0.3 is 0 Å². The van der Waals surface area contributed by atoms with E-state index in [1.807, 2.05) is 12.2 Å². The number of rotatable bonds is 3. The molecule has 7 nitrogen and oxygen atoms in total. The van der Waals surface area contributed by atoms with Gasteiger partial charge in [0.15, 0.2) is 0 Å². The van der Waals surface area contributed by atoms with Crippen LogP contribution < -0.4 is 5.32 Å². The molecule has 2 aliphatic carbocycles. The Morgan fingerprint density at radius 2 is 1.80 bits per heavy atom. The van der Waals surface area contributed by atoms with E-state index in [1.54, 1.807) is 0 Å². The summed E-state index contributed by atoms with van der Waals surface area (Å²) in [6, 6.07) is 0. The monoisotopic (exact) mass is 372 g/mol. The molecule has 2 bridgehead atoms. The van der Waals surface area contributed by atoms with E-state index in [0.717, 1.165) is 11.3 Å². The molecule has 25 heavy (non-hydrogen) atoms. The second-order valence-corrected chi connectivity index (χ2v) is 7.20. The summed E-state index contributed by atoms with van der Waals surface area (Å²) < 4.78 is 37.4. The van der Waals surface area contributed by atoms with Gasteiger partial charge in [-0.1, -0.05) is 23.5 Å². The van der Waals surface area contributed by atoms with Crippen LogP contribution in [-0.2, 0) is 20.6 Å². The molecule has 1 aromatic heterocycles. The van der Waals surface area contributed by atoms with Crippen molar-refractivity contribution in [2.24, 2.45) is 23.7 Å². The molecule has 11 heteroatoms. The number of anilines is 1. The van der Waals surface area contributed by atoms with Gasteiger partial charge in [-0.05, 0) is 18.3 Å². The fraction of sp³-hybridized carbons (Fsp3) is 0.500. The fourth-order valence-electron chi connectivity index (χ4n) is 3.81. The van der Waals surface area contributed by atoms with Gasteiger partial charge in [-0.15, -0.1) is 10.2 Å². The lowest BCUT2D eigenvalue weighted by Crippen LogP contribution is -2.39. The maximum absolute atomic E-state index is 12.5. The second kappa shape index (κ2) is 5.35. The van der Waals surface area contributed by atoms with E-state index in [9.17, 15) is 27.6 Å². The lowest BCUT2D eigenvalue weighted by atomic mass is 9.85. The zero-order valence-electron chi connectivity index (χ0n) is 12.5. The van der Waals surface area contributed by atoms with Crippen LogP contribution in [-0.4, -0.2) is 39.4 Å². The van der Waals surface area contributed by atoms with Crippen molar-refractivity contribution >= 4 is 34.2 Å². The van der Waals surface area contributed by atoms with Crippen molar-refractivity contribution in [1.82, 2.24) is 15.1 Å². The van der Waals surface area contributed by atoms with E-state index >= 15 is 0 Å². The Labute approximate surface area is 142 Å². The number of likely N-dealkylation sites (tertiary alicyclic amines) is 1. The molecule has 1 aliphatic heterocycles. The van der Waals surface area contributed by atoms with E-state index in [0.29, 0.717) is 0 Å². The largest absolute Gasteiger partial charge is 0.445 e. The molecule has 2 heterocycles. The first-order valence-electron chi connectivity index (χ1n) is 7.50. The lowest BCUT2D eigenvalue weighted by Gasteiger charge is -2.16. The maximum Gasteiger partial charge on any atom is 0.445 e. The Balaban J connectivity index is 1.43. The first-order chi connectivity index (χ1) is 11.8. The van der Waals surface area contributed by atoms with Crippen LogP contribution in [0, 0.1) is 23.7 Å². The Hall–Kier alpha value is -2.30. The summed E-state index contributed by atoms with van der Waals surface area (Å²) in [6.07, 6.45) is -0.00984. The van der Waals surface area contributed by atoms with Crippen LogP contribution in [0.5, 0.6) is 0 Å². The molecule has 0 spiro atoms. The topological polar surface area (TPSA) is 92.3 Å². The standard InChI is InChI=1S/C14H11F3N4O3S/c15-14(16,17)12-19-20-13(25-12)18-7(22)4-21-10(23)8-5-1-2-6(3-5)9(8)11(21)24/h1-2,5-6,8-9H,3-4H2,(H,18,20,22)/t5-,6-,8-,9-/m1/s1. The molecule has 2 fully saturated rings. The van der Waals surface area contributed by atoms with Crippen LogP contribution in [0.25, 0.3) is 0 Å². The number of carbonyl (C=O) groups excluding carboxylic acids is 3. The maximum atomic E-state index is 12.5. The molecule has 1 saturated heterocycles. The predicted molar refractivity (Wildman–Crippen MR) is 78.0 cm³/mol. The summed E-state index contributed by atoms with van der Waals surface area (Å²) in [5.41, 5.74) is 0. The Bertz CT molecular complexity index is 775. The van der Waals surface area contributed by atoms with Crippen LogP contribution in [0.15, 0.2) is 12.2 Å². The third-order valence-corrected chi connectivity index (χ3v) is 5.66. The third kappa shape index (κ3) is 2.53. The summed E-state index contributed by atoms with van der Waals surface area (Å²) in [6.45, 7) is -0.537. The van der Waals surface area contributed by atoms with Crippen molar-refractivity contribution in [3.05, 3.63) is 17.2 Å². The number of nitrogens with one attached hydrogen (secondary N) is 1. The molecule has 0 aromatic carbocycles. The number of nitrogens with zero attached hydrogens (tertiary/aromatic N) is 3. The number of hydrogen-bond donors (Lipinski definition) is 1. The van der Waals surface area contributed by atoms with Crippen LogP contribution in [0.2, 0.25) is 0 Å². The van der Waals surface area contributed by atoms with Crippen LogP contribution >= 0.6 is 11.3 Å². The second-order valence-electron chi connectivity index (χ2n) is 6.22. The van der Waals surface area contributed by atoms with E-state index in [2.05, 4.69) is 15.5 Å². The minimum atomic E-state index is -4.65. The van der Waals surface area contributed by atoms with E-state index in [1.165, 1.54) is 0 Å². The Kier molecular flexibility index (Phi) is 3.46. The highest BCUT2D eigenvalue weighted by molar-refractivity contribution is 7.15. The highest BCUT2D eigenvalue weighted by Crippen LogP contribution is 2.52. The lowest BCUT2D eigenvalue weighted by molar-refractivity contribution is -0.143. The zero-order valence-corrected chi connectivity index (χ0v) is 13.3. The van der Waals surface area contributed by atoms with Gasteiger partial charge in [-0.25, -0.2) is 0 Å². The van der Waals surface area contributed by atoms with E-state index in [-0.39, 0.29) is 28.3 Å². The zero-order chi connectivity index (χ0) is 17.9. The summed E-state index contributed by atoms with van der Waals surface area (Å²) in [5, 5.41) is 6.82. The Morgan fingerprint density at radius 3 is 2.32 bits per heavy atom. The number of alkyl halides is 3. The molecular weight excluding hydrogens is 361 g/mol. The van der Waals surface area contributed by atoms with Crippen LogP contribution in [0.3, 0.4) is 0 Å². The molecule has 1 aromatic rings. The number of fused-ring (bicyclic) bond motifs is 5. The van der Waals surface area contributed by atoms with Crippen molar-refractivity contribution in [3.8, 4) is 0 Å². The summed E-state index contributed by atoms with van der Waals surface area (Å²) in [5.74, 6) is -2.37. The molecule has 3 amide bonds. The van der Waals surface area contributed by atoms with Gasteiger partial charge in [0.1, 0.15) is 6.54 Å². The van der Waals surface area contributed by atoms with Gasteiger partial charge in [0, 0.05) is 0 Å². The van der Waals surface area contributed by atoms with Crippen molar-refractivity contribution in [2.45, 2.75) is 12.6 Å². The van der Waals surface area contributed by atoms with Gasteiger partial charge in [-0.3, -0.25) is 24.6 Å². The van der Waals surface area contributed by atoms with Gasteiger partial charge in [0.05, 0.1) is 11.8 Å². The summed E-state index contributed by atoms with van der Waals surface area (Å²) in [4.78, 5) is 37.7. The van der Waals surface area contributed by atoms with Crippen molar-refractivity contribution in [1.29, 1.82) is 0 Å². The predicted octanol–water partition coefficient (Wildman–Crippen LogP) is 1.30. The normalized spacial score (nSPS) is 30.3. The third-order valence-electron chi connectivity index (χ3n) is 4.78. The highest BCUT2D eigenvalue weighted by Gasteiger charge is 2.59.